The summed E-state index contributed by atoms with van der Waals surface area (Å²) in [5, 5.41) is 8.13. The summed E-state index contributed by atoms with van der Waals surface area (Å²) in [6, 6.07) is 7.85. The average molecular weight is 246 g/mol. The van der Waals surface area contributed by atoms with Crippen LogP contribution >= 0.6 is 0 Å². The van der Waals surface area contributed by atoms with Crippen LogP contribution in [0.2, 0.25) is 0 Å². The van der Waals surface area contributed by atoms with Crippen LogP contribution in [-0.2, 0) is 11.3 Å². The van der Waals surface area contributed by atoms with Crippen LogP contribution in [0.5, 0.6) is 0 Å². The van der Waals surface area contributed by atoms with E-state index < -0.39 is 0 Å². The van der Waals surface area contributed by atoms with Crippen LogP contribution in [0, 0.1) is 0 Å². The van der Waals surface area contributed by atoms with Gasteiger partial charge in [0.25, 0.3) is 0 Å². The molecule has 0 aliphatic heterocycles. The van der Waals surface area contributed by atoms with Crippen molar-refractivity contribution in [2.24, 2.45) is 5.73 Å². The number of hydrogen-bond acceptors (Lipinski definition) is 3. The van der Waals surface area contributed by atoms with E-state index in [1.54, 1.807) is 10.9 Å². The second kappa shape index (κ2) is 6.16. The third-order valence-electron chi connectivity index (χ3n) is 2.80. The smallest absolute Gasteiger partial charge is 0.241 e. The third kappa shape index (κ3) is 3.07. The Kier molecular flexibility index (Phi) is 4.30. The van der Waals surface area contributed by atoms with Crippen molar-refractivity contribution in [3.05, 3.63) is 30.5 Å². The molecule has 1 heterocycles. The molecule has 96 valence electrons. The first-order chi connectivity index (χ1) is 8.81. The number of nitrogens with two attached hydrogens (primary N) is 1. The summed E-state index contributed by atoms with van der Waals surface area (Å²) in [4.78, 5) is 11.7. The van der Waals surface area contributed by atoms with Crippen LogP contribution < -0.4 is 11.1 Å². The first-order valence-corrected chi connectivity index (χ1v) is 6.18. The Labute approximate surface area is 106 Å². The topological polar surface area (TPSA) is 72.9 Å². The molecule has 0 spiro atoms. The van der Waals surface area contributed by atoms with Gasteiger partial charge in [-0.25, -0.2) is 0 Å². The monoisotopic (exact) mass is 246 g/mol. The Hall–Kier alpha value is -1.88. The maximum absolute atomic E-state index is 11.7. The lowest BCUT2D eigenvalue weighted by atomic mass is 10.2. The largest absolute Gasteiger partial charge is 0.354 e. The Morgan fingerprint density at radius 3 is 3.00 bits per heavy atom. The van der Waals surface area contributed by atoms with Gasteiger partial charge in [0.2, 0.25) is 5.91 Å². The number of nitrogens with one attached hydrogen (secondary N) is 1. The van der Waals surface area contributed by atoms with Crippen molar-refractivity contribution in [3.8, 4) is 0 Å². The molecule has 5 heteroatoms. The van der Waals surface area contributed by atoms with Gasteiger partial charge in [0.05, 0.1) is 11.7 Å². The number of carbonyl (C=O) groups is 1. The standard InChI is InChI=1S/C13H18N4O/c14-7-3-4-8-15-13(18)10-17-12-6-2-1-5-11(12)9-16-17/h1-2,5-6,9H,3-4,7-8,10,14H2,(H,15,18). The Balaban J connectivity index is 1.91. The first-order valence-electron chi connectivity index (χ1n) is 6.18. The first kappa shape index (κ1) is 12.6. The predicted octanol–water partition coefficient (Wildman–Crippen LogP) is 0.891. The van der Waals surface area contributed by atoms with Crippen molar-refractivity contribution in [1.82, 2.24) is 15.1 Å². The molecule has 0 aliphatic rings. The number of hydrogen-bond donors (Lipinski definition) is 2. The number of para-hydroxylation sites is 1. The summed E-state index contributed by atoms with van der Waals surface area (Å²) in [6.45, 7) is 1.60. The number of benzene rings is 1. The molecule has 0 saturated heterocycles. The van der Waals surface area contributed by atoms with Gasteiger partial charge in [0, 0.05) is 11.9 Å². The molecule has 0 fully saturated rings. The van der Waals surface area contributed by atoms with Gasteiger partial charge in [0.15, 0.2) is 0 Å². The molecule has 5 nitrogen and oxygen atoms in total. The molecule has 18 heavy (non-hydrogen) atoms. The van der Waals surface area contributed by atoms with Gasteiger partial charge in [-0.05, 0) is 25.5 Å². The summed E-state index contributed by atoms with van der Waals surface area (Å²) >= 11 is 0. The maximum atomic E-state index is 11.7. The van der Waals surface area contributed by atoms with Crippen LogP contribution in [-0.4, -0.2) is 28.8 Å². The van der Waals surface area contributed by atoms with Gasteiger partial charge in [-0.15, -0.1) is 0 Å². The predicted molar refractivity (Wildman–Crippen MR) is 71.0 cm³/mol. The summed E-state index contributed by atoms with van der Waals surface area (Å²) in [5.74, 6) is -0.0131. The molecule has 1 aromatic carbocycles. The lowest BCUT2D eigenvalue weighted by Crippen LogP contribution is -2.29. The van der Waals surface area contributed by atoms with Gasteiger partial charge in [-0.2, -0.15) is 5.10 Å². The fourth-order valence-corrected chi connectivity index (χ4v) is 1.84. The van der Waals surface area contributed by atoms with Crippen LogP contribution in [0.25, 0.3) is 10.9 Å². The molecule has 2 rings (SSSR count). The highest BCUT2D eigenvalue weighted by Crippen LogP contribution is 2.11. The van der Waals surface area contributed by atoms with Crippen molar-refractivity contribution >= 4 is 16.8 Å². The summed E-state index contributed by atoms with van der Waals surface area (Å²) in [5.41, 5.74) is 6.37. The molecular formula is C13H18N4O. The zero-order chi connectivity index (χ0) is 12.8. The molecule has 1 aromatic heterocycles. The van der Waals surface area contributed by atoms with E-state index in [9.17, 15) is 4.79 Å². The molecule has 0 saturated carbocycles. The van der Waals surface area contributed by atoms with E-state index in [1.807, 2.05) is 24.3 Å². The quantitative estimate of drug-likeness (QED) is 0.743. The van der Waals surface area contributed by atoms with Crippen molar-refractivity contribution in [3.63, 3.8) is 0 Å². The molecular weight excluding hydrogens is 228 g/mol. The second-order valence-corrected chi connectivity index (χ2v) is 4.21. The minimum absolute atomic E-state index is 0.0131. The second-order valence-electron chi connectivity index (χ2n) is 4.21. The molecule has 0 radical (unpaired) electrons. The van der Waals surface area contributed by atoms with Crippen LogP contribution in [0.1, 0.15) is 12.8 Å². The highest BCUT2D eigenvalue weighted by Gasteiger charge is 2.06. The number of nitrogens with zero attached hydrogens (tertiary/aromatic N) is 2. The molecule has 0 aliphatic carbocycles. The van der Waals surface area contributed by atoms with Crippen molar-refractivity contribution in [2.75, 3.05) is 13.1 Å². The van der Waals surface area contributed by atoms with E-state index >= 15 is 0 Å². The normalized spacial score (nSPS) is 10.7. The van der Waals surface area contributed by atoms with Crippen molar-refractivity contribution in [1.29, 1.82) is 0 Å². The molecule has 0 bridgehead atoms. The molecule has 0 atom stereocenters. The van der Waals surface area contributed by atoms with E-state index in [4.69, 9.17) is 5.73 Å². The minimum atomic E-state index is -0.0131. The van der Waals surface area contributed by atoms with E-state index in [2.05, 4.69) is 10.4 Å². The summed E-state index contributed by atoms with van der Waals surface area (Å²) in [7, 11) is 0. The number of rotatable bonds is 6. The molecule has 0 unspecified atom stereocenters. The van der Waals surface area contributed by atoms with Gasteiger partial charge < -0.3 is 11.1 Å². The summed E-state index contributed by atoms with van der Waals surface area (Å²) in [6.07, 6.45) is 3.63. The van der Waals surface area contributed by atoms with Crippen LogP contribution in [0.15, 0.2) is 30.5 Å². The fourth-order valence-electron chi connectivity index (χ4n) is 1.84. The number of fused-ring (bicyclic) bond motifs is 1. The van der Waals surface area contributed by atoms with Gasteiger partial charge in [-0.3, -0.25) is 9.48 Å². The van der Waals surface area contributed by atoms with Crippen molar-refractivity contribution < 1.29 is 4.79 Å². The van der Waals surface area contributed by atoms with E-state index in [-0.39, 0.29) is 12.5 Å². The van der Waals surface area contributed by atoms with Gasteiger partial charge in [-0.1, -0.05) is 18.2 Å². The number of carbonyl (C=O) groups excluding carboxylic acids is 1. The van der Waals surface area contributed by atoms with Gasteiger partial charge >= 0.3 is 0 Å². The van der Waals surface area contributed by atoms with E-state index in [0.717, 1.165) is 23.7 Å². The summed E-state index contributed by atoms with van der Waals surface area (Å²) < 4.78 is 1.72. The van der Waals surface area contributed by atoms with E-state index in [1.165, 1.54) is 0 Å². The Morgan fingerprint density at radius 2 is 2.17 bits per heavy atom. The van der Waals surface area contributed by atoms with Crippen molar-refractivity contribution in [2.45, 2.75) is 19.4 Å². The van der Waals surface area contributed by atoms with Gasteiger partial charge in [0.1, 0.15) is 6.54 Å². The molecule has 2 aromatic rings. The SMILES string of the molecule is NCCCCNC(=O)Cn1ncc2ccccc21. The highest BCUT2D eigenvalue weighted by atomic mass is 16.2. The lowest BCUT2D eigenvalue weighted by molar-refractivity contribution is -0.121. The number of unbranched alkanes of at least 4 members (excludes halogenated alkanes) is 1. The molecule has 3 N–H and O–H groups in total. The zero-order valence-corrected chi connectivity index (χ0v) is 10.3. The maximum Gasteiger partial charge on any atom is 0.241 e. The van der Waals surface area contributed by atoms with E-state index in [0.29, 0.717) is 13.1 Å². The lowest BCUT2D eigenvalue weighted by Gasteiger charge is -2.05. The third-order valence-corrected chi connectivity index (χ3v) is 2.80. The number of aromatic nitrogens is 2. The fraction of sp³-hybridized carbons (Fsp3) is 0.385. The Bertz CT molecular complexity index is 520. The molecule has 1 amide bonds. The average Bonchev–Trinajstić information content (AvgIpc) is 2.78. The minimum Gasteiger partial charge on any atom is -0.354 e. The highest BCUT2D eigenvalue weighted by molar-refractivity contribution is 5.81. The van der Waals surface area contributed by atoms with Crippen LogP contribution in [0.3, 0.4) is 0 Å². The number of amides is 1. The zero-order valence-electron chi connectivity index (χ0n) is 10.3. The van der Waals surface area contributed by atoms with Crippen LogP contribution in [0.4, 0.5) is 0 Å². The Morgan fingerprint density at radius 1 is 1.33 bits per heavy atom.